The lowest BCUT2D eigenvalue weighted by Crippen LogP contribution is -2.33. The first-order chi connectivity index (χ1) is 13.1. The van der Waals surface area contributed by atoms with Crippen molar-refractivity contribution in [2.45, 2.75) is 56.6 Å². The summed E-state index contributed by atoms with van der Waals surface area (Å²) in [5, 5.41) is 13.0. The quantitative estimate of drug-likeness (QED) is 0.713. The van der Waals surface area contributed by atoms with Gasteiger partial charge in [-0.3, -0.25) is 0 Å². The van der Waals surface area contributed by atoms with Crippen LogP contribution in [0.1, 0.15) is 51.7 Å². The van der Waals surface area contributed by atoms with Gasteiger partial charge in [-0.25, -0.2) is 13.2 Å². The molecule has 0 saturated carbocycles. The van der Waals surface area contributed by atoms with E-state index in [1.807, 2.05) is 0 Å². The summed E-state index contributed by atoms with van der Waals surface area (Å²) in [7, 11) is -3.45. The third-order valence-electron chi connectivity index (χ3n) is 4.40. The number of amides is 1. The van der Waals surface area contributed by atoms with Crippen LogP contribution in [0.4, 0.5) is 4.79 Å². The van der Waals surface area contributed by atoms with E-state index >= 15 is 0 Å². The molecule has 2 atom stereocenters. The zero-order chi connectivity index (χ0) is 20.8. The summed E-state index contributed by atoms with van der Waals surface area (Å²) in [5.41, 5.74) is -0.0821. The van der Waals surface area contributed by atoms with Gasteiger partial charge < -0.3 is 19.9 Å². The van der Waals surface area contributed by atoms with Gasteiger partial charge in [-0.05, 0) is 63.6 Å². The number of benzene rings is 1. The third kappa shape index (κ3) is 7.41. The molecule has 2 rings (SSSR count). The number of aliphatic hydroxyl groups is 1. The van der Waals surface area contributed by atoms with Gasteiger partial charge in [-0.1, -0.05) is 12.1 Å². The minimum absolute atomic E-state index is 0.00496. The smallest absolute Gasteiger partial charge is 0.407 e. The molecule has 1 amide bonds. The lowest BCUT2D eigenvalue weighted by Gasteiger charge is -2.22. The highest BCUT2D eigenvalue weighted by Crippen LogP contribution is 2.24. The van der Waals surface area contributed by atoms with Gasteiger partial charge >= 0.3 is 6.09 Å². The summed E-state index contributed by atoms with van der Waals surface area (Å²) >= 11 is 0. The Morgan fingerprint density at radius 2 is 2.14 bits per heavy atom. The molecule has 28 heavy (non-hydrogen) atoms. The van der Waals surface area contributed by atoms with Gasteiger partial charge in [0.25, 0.3) is 0 Å². The molecule has 8 heteroatoms. The number of carbonyl (C=O) groups excluding carboxylic acids is 1. The number of hydrogen-bond acceptors (Lipinski definition) is 6. The number of rotatable bonds is 7. The summed E-state index contributed by atoms with van der Waals surface area (Å²) < 4.78 is 35.9. The van der Waals surface area contributed by atoms with E-state index in [0.29, 0.717) is 18.8 Å². The summed E-state index contributed by atoms with van der Waals surface area (Å²) in [4.78, 5) is 11.9. The summed E-state index contributed by atoms with van der Waals surface area (Å²) in [6.45, 7) is 6.69. The molecule has 1 saturated heterocycles. The molecule has 1 fully saturated rings. The topological polar surface area (TPSA) is 102 Å². The number of aliphatic hydroxyl groups excluding tert-OH is 1. The molecule has 0 spiro atoms. The molecule has 7 nitrogen and oxygen atoms in total. The number of ether oxygens (including phenoxy) is 2. The Morgan fingerprint density at radius 3 is 2.79 bits per heavy atom. The van der Waals surface area contributed by atoms with Crippen molar-refractivity contribution >= 4 is 15.9 Å². The van der Waals surface area contributed by atoms with Crippen molar-refractivity contribution in [3.05, 3.63) is 29.8 Å². The van der Waals surface area contributed by atoms with Crippen LogP contribution < -0.4 is 5.32 Å². The maximum atomic E-state index is 12.7. The van der Waals surface area contributed by atoms with Gasteiger partial charge in [-0.15, -0.1) is 0 Å². The highest BCUT2D eigenvalue weighted by Gasteiger charge is 2.24. The van der Waals surface area contributed by atoms with E-state index in [2.05, 4.69) is 5.32 Å². The van der Waals surface area contributed by atoms with E-state index < -0.39 is 27.6 Å². The fourth-order valence-corrected chi connectivity index (χ4v) is 4.73. The Balaban J connectivity index is 1.93. The minimum atomic E-state index is -3.45. The van der Waals surface area contributed by atoms with Crippen molar-refractivity contribution in [1.29, 1.82) is 0 Å². The highest BCUT2D eigenvalue weighted by molar-refractivity contribution is 7.91. The molecule has 1 aromatic rings. The van der Waals surface area contributed by atoms with Crippen molar-refractivity contribution in [2.75, 3.05) is 25.5 Å². The molecule has 158 valence electrons. The first-order valence-electron chi connectivity index (χ1n) is 9.62. The molecular formula is C20H31NO6S. The lowest BCUT2D eigenvalue weighted by atomic mass is 10.1. The van der Waals surface area contributed by atoms with Crippen molar-refractivity contribution in [1.82, 2.24) is 5.32 Å². The fraction of sp³-hybridized carbons (Fsp3) is 0.650. The maximum absolute atomic E-state index is 12.7. The number of alkyl carbamates (subject to hydrolysis) is 1. The van der Waals surface area contributed by atoms with Gasteiger partial charge in [0.2, 0.25) is 0 Å². The Bertz CT molecular complexity index is 750. The molecule has 0 aromatic heterocycles. The van der Waals surface area contributed by atoms with E-state index in [9.17, 15) is 18.3 Å². The molecule has 2 N–H and O–H groups in total. The van der Waals surface area contributed by atoms with Crippen molar-refractivity contribution < 1.29 is 27.8 Å². The van der Waals surface area contributed by atoms with Crippen molar-refractivity contribution in [3.63, 3.8) is 0 Å². The standard InChI is InChI=1S/C20H31NO6S/c1-20(2,3)27-19(23)21-10-9-18(22)16-7-4-8-17(12-16)28(24,25)14-15-6-5-11-26-13-15/h4,7-8,12,15,18,22H,5-6,9-11,13-14H2,1-3H3,(H,21,23). The average molecular weight is 414 g/mol. The molecular weight excluding hydrogens is 382 g/mol. The predicted molar refractivity (Wildman–Crippen MR) is 106 cm³/mol. The van der Waals surface area contributed by atoms with Crippen LogP contribution in [0.25, 0.3) is 0 Å². The fourth-order valence-electron chi connectivity index (χ4n) is 3.05. The van der Waals surface area contributed by atoms with Gasteiger partial charge in [0.05, 0.1) is 23.4 Å². The van der Waals surface area contributed by atoms with Crippen LogP contribution in [-0.2, 0) is 19.3 Å². The van der Waals surface area contributed by atoms with Gasteiger partial charge in [0.1, 0.15) is 5.60 Å². The van der Waals surface area contributed by atoms with E-state index in [1.165, 1.54) is 6.07 Å². The van der Waals surface area contributed by atoms with E-state index in [1.54, 1.807) is 39.0 Å². The Morgan fingerprint density at radius 1 is 1.39 bits per heavy atom. The Hall–Kier alpha value is -1.64. The Kier molecular flexibility index (Phi) is 7.86. The number of sulfone groups is 1. The first-order valence-corrected chi connectivity index (χ1v) is 11.3. The second kappa shape index (κ2) is 9.71. The molecule has 1 aromatic carbocycles. The Labute approximate surface area is 167 Å². The zero-order valence-electron chi connectivity index (χ0n) is 16.8. The second-order valence-corrected chi connectivity index (χ2v) is 10.2. The third-order valence-corrected chi connectivity index (χ3v) is 6.28. The highest BCUT2D eigenvalue weighted by atomic mass is 32.2. The molecule has 1 heterocycles. The molecule has 1 aliphatic rings. The second-order valence-electron chi connectivity index (χ2n) is 8.17. The van der Waals surface area contributed by atoms with Crippen LogP contribution in [0.15, 0.2) is 29.2 Å². The summed E-state index contributed by atoms with van der Waals surface area (Å²) in [5.74, 6) is 0.0533. The number of carbonyl (C=O) groups is 1. The SMILES string of the molecule is CC(C)(C)OC(=O)NCCC(O)c1cccc(S(=O)(=O)CC2CCCOC2)c1. The van der Waals surface area contributed by atoms with Crippen LogP contribution in [0.3, 0.4) is 0 Å². The van der Waals surface area contributed by atoms with Crippen molar-refractivity contribution in [3.8, 4) is 0 Å². The van der Waals surface area contributed by atoms with Crippen molar-refractivity contribution in [2.24, 2.45) is 5.92 Å². The van der Waals surface area contributed by atoms with Gasteiger partial charge in [0.15, 0.2) is 9.84 Å². The van der Waals surface area contributed by atoms with Crippen LogP contribution in [0.2, 0.25) is 0 Å². The summed E-state index contributed by atoms with van der Waals surface area (Å²) in [6, 6.07) is 6.37. The van der Waals surface area contributed by atoms with Crippen LogP contribution >= 0.6 is 0 Å². The first kappa shape index (κ1) is 22.6. The monoisotopic (exact) mass is 413 g/mol. The zero-order valence-corrected chi connectivity index (χ0v) is 17.6. The molecule has 0 radical (unpaired) electrons. The normalized spacial score (nSPS) is 19.1. The minimum Gasteiger partial charge on any atom is -0.444 e. The van der Waals surface area contributed by atoms with Crippen LogP contribution in [0, 0.1) is 5.92 Å². The number of hydrogen-bond donors (Lipinski definition) is 2. The molecule has 0 aliphatic carbocycles. The molecule has 2 unspecified atom stereocenters. The molecule has 1 aliphatic heterocycles. The van der Waals surface area contributed by atoms with Gasteiger partial charge in [0, 0.05) is 13.2 Å². The van der Waals surface area contributed by atoms with Gasteiger partial charge in [-0.2, -0.15) is 0 Å². The average Bonchev–Trinajstić information content (AvgIpc) is 2.60. The maximum Gasteiger partial charge on any atom is 0.407 e. The largest absolute Gasteiger partial charge is 0.444 e. The predicted octanol–water partition coefficient (Wildman–Crippen LogP) is 2.84. The van der Waals surface area contributed by atoms with E-state index in [-0.39, 0.29) is 29.5 Å². The van der Waals surface area contributed by atoms with E-state index in [0.717, 1.165) is 12.8 Å². The molecule has 0 bridgehead atoms. The van der Waals surface area contributed by atoms with Crippen LogP contribution in [0.5, 0.6) is 0 Å². The number of nitrogens with one attached hydrogen (secondary N) is 1. The summed E-state index contributed by atoms with van der Waals surface area (Å²) in [6.07, 6.45) is 0.537. The lowest BCUT2D eigenvalue weighted by molar-refractivity contribution is 0.0518. The van der Waals surface area contributed by atoms with E-state index in [4.69, 9.17) is 9.47 Å². The van der Waals surface area contributed by atoms with Crippen LogP contribution in [-0.4, -0.2) is 50.7 Å².